The van der Waals surface area contributed by atoms with Crippen molar-refractivity contribution in [3.8, 4) is 0 Å². The number of benzene rings is 1. The molecule has 3 aliphatic carbocycles. The third kappa shape index (κ3) is 2.80. The van der Waals surface area contributed by atoms with Crippen LogP contribution in [0.2, 0.25) is 0 Å². The monoisotopic (exact) mass is 326 g/mol. The molecule has 3 aliphatic rings. The van der Waals surface area contributed by atoms with Crippen LogP contribution < -0.4 is 10.6 Å². The lowest BCUT2D eigenvalue weighted by Crippen LogP contribution is -2.44. The fourth-order valence-corrected chi connectivity index (χ4v) is 5.27. The molecule has 0 heterocycles. The molecule has 0 saturated heterocycles. The number of hydrogen-bond acceptors (Lipinski definition) is 1. The lowest BCUT2D eigenvalue weighted by molar-refractivity contribution is 0.246. The first-order valence-electron chi connectivity index (χ1n) is 8.96. The molecule has 3 heteroatoms. The first-order valence-corrected chi connectivity index (χ1v) is 9.37. The Morgan fingerprint density at radius 1 is 1.13 bits per heavy atom. The molecule has 122 valence electrons. The van der Waals surface area contributed by atoms with Gasteiger partial charge in [-0.1, -0.05) is 38.1 Å². The lowest BCUT2D eigenvalue weighted by atomic mass is 9.79. The highest BCUT2D eigenvalue weighted by molar-refractivity contribution is 7.80. The molecule has 2 bridgehead atoms. The van der Waals surface area contributed by atoms with Gasteiger partial charge in [-0.25, -0.2) is 0 Å². The summed E-state index contributed by atoms with van der Waals surface area (Å²) in [5.74, 6) is 4.00. The Labute approximate surface area is 144 Å². The van der Waals surface area contributed by atoms with Crippen LogP contribution in [-0.4, -0.2) is 11.2 Å². The second-order valence-corrected chi connectivity index (χ2v) is 8.19. The van der Waals surface area contributed by atoms with Gasteiger partial charge in [-0.15, -0.1) is 0 Å². The van der Waals surface area contributed by atoms with E-state index in [2.05, 4.69) is 60.9 Å². The van der Waals surface area contributed by atoms with Crippen LogP contribution in [0.3, 0.4) is 0 Å². The second-order valence-electron chi connectivity index (χ2n) is 7.78. The average Bonchev–Trinajstić information content (AvgIpc) is 3.19. The van der Waals surface area contributed by atoms with Crippen LogP contribution in [0.15, 0.2) is 36.4 Å². The summed E-state index contributed by atoms with van der Waals surface area (Å²) in [5.41, 5.74) is 2.44. The minimum absolute atomic E-state index is 0.555. The third-order valence-corrected chi connectivity index (χ3v) is 6.38. The topological polar surface area (TPSA) is 24.1 Å². The maximum Gasteiger partial charge on any atom is 0.171 e. The van der Waals surface area contributed by atoms with Gasteiger partial charge in [0.05, 0.1) is 0 Å². The number of anilines is 1. The van der Waals surface area contributed by atoms with E-state index in [-0.39, 0.29) is 0 Å². The van der Waals surface area contributed by atoms with Gasteiger partial charge in [-0.3, -0.25) is 0 Å². The molecule has 0 amide bonds. The van der Waals surface area contributed by atoms with E-state index >= 15 is 0 Å². The number of hydrogen-bond donors (Lipinski definition) is 2. The normalized spacial score (nSPS) is 34.0. The van der Waals surface area contributed by atoms with E-state index in [4.69, 9.17) is 12.2 Å². The molecule has 2 N–H and O–H groups in total. The van der Waals surface area contributed by atoms with Crippen molar-refractivity contribution in [2.45, 2.75) is 45.1 Å². The Kier molecular flexibility index (Phi) is 3.92. The molecule has 1 aromatic carbocycles. The minimum Gasteiger partial charge on any atom is -0.359 e. The molecule has 23 heavy (non-hydrogen) atoms. The van der Waals surface area contributed by atoms with Gasteiger partial charge in [0.2, 0.25) is 0 Å². The van der Waals surface area contributed by atoms with Crippen LogP contribution in [0, 0.1) is 23.7 Å². The van der Waals surface area contributed by atoms with Crippen molar-refractivity contribution in [1.29, 1.82) is 0 Å². The number of nitrogens with one attached hydrogen (secondary N) is 2. The molecule has 0 aromatic heterocycles. The summed E-state index contributed by atoms with van der Waals surface area (Å²) < 4.78 is 0. The van der Waals surface area contributed by atoms with E-state index in [1.807, 2.05) is 0 Å². The Bertz CT molecular complexity index is 619. The number of fused-ring (bicyclic) bond motifs is 5. The van der Waals surface area contributed by atoms with E-state index in [0.717, 1.165) is 34.5 Å². The molecule has 0 aliphatic heterocycles. The SMILES string of the molecule is CC(C)c1ccc(NC(=S)NC2CC3CC2C2C=CCC32)cc1. The molecule has 5 atom stereocenters. The van der Waals surface area contributed by atoms with Gasteiger partial charge in [0.15, 0.2) is 5.11 Å². The first kappa shape index (κ1) is 15.2. The zero-order chi connectivity index (χ0) is 16.0. The van der Waals surface area contributed by atoms with E-state index in [1.54, 1.807) is 0 Å². The lowest BCUT2D eigenvalue weighted by Gasteiger charge is -2.32. The van der Waals surface area contributed by atoms with Gasteiger partial charge in [-0.05, 0) is 78.8 Å². The number of allylic oxidation sites excluding steroid dienone is 2. The van der Waals surface area contributed by atoms with E-state index < -0.39 is 0 Å². The Morgan fingerprint density at radius 2 is 1.91 bits per heavy atom. The zero-order valence-electron chi connectivity index (χ0n) is 14.0. The average molecular weight is 327 g/mol. The van der Waals surface area contributed by atoms with Gasteiger partial charge in [0.25, 0.3) is 0 Å². The van der Waals surface area contributed by atoms with Gasteiger partial charge < -0.3 is 10.6 Å². The molecular weight excluding hydrogens is 300 g/mol. The molecule has 1 aromatic rings. The van der Waals surface area contributed by atoms with Crippen LogP contribution >= 0.6 is 12.2 Å². The van der Waals surface area contributed by atoms with Crippen LogP contribution in [-0.2, 0) is 0 Å². The van der Waals surface area contributed by atoms with E-state index in [0.29, 0.717) is 12.0 Å². The smallest absolute Gasteiger partial charge is 0.171 e. The molecule has 2 saturated carbocycles. The largest absolute Gasteiger partial charge is 0.359 e. The van der Waals surface area contributed by atoms with Gasteiger partial charge in [0, 0.05) is 11.7 Å². The summed E-state index contributed by atoms with van der Waals surface area (Å²) in [6.07, 6.45) is 8.85. The maximum atomic E-state index is 5.55. The van der Waals surface area contributed by atoms with E-state index in [1.165, 1.54) is 24.8 Å². The van der Waals surface area contributed by atoms with Crippen LogP contribution in [0.1, 0.15) is 44.6 Å². The summed E-state index contributed by atoms with van der Waals surface area (Å²) in [6, 6.07) is 9.17. The molecule has 4 rings (SSSR count). The maximum absolute atomic E-state index is 5.55. The zero-order valence-corrected chi connectivity index (χ0v) is 14.8. The standard InChI is InChI=1S/C20H26N2S/c1-12(2)13-6-8-15(9-7-13)21-20(23)22-19-11-14-10-18(19)17-5-3-4-16(14)17/h3,5-9,12,14,16-19H,4,10-11H2,1-2H3,(H2,21,22,23). The summed E-state index contributed by atoms with van der Waals surface area (Å²) in [5, 5.41) is 7.73. The van der Waals surface area contributed by atoms with Gasteiger partial charge in [0.1, 0.15) is 0 Å². The number of rotatable bonds is 3. The number of thiocarbonyl (C=S) groups is 1. The molecular formula is C20H26N2S. The van der Waals surface area contributed by atoms with Crippen molar-refractivity contribution < 1.29 is 0 Å². The van der Waals surface area contributed by atoms with Crippen molar-refractivity contribution in [1.82, 2.24) is 5.32 Å². The van der Waals surface area contributed by atoms with Crippen LogP contribution in [0.4, 0.5) is 5.69 Å². The van der Waals surface area contributed by atoms with Crippen LogP contribution in [0.5, 0.6) is 0 Å². The van der Waals surface area contributed by atoms with Gasteiger partial charge >= 0.3 is 0 Å². The Morgan fingerprint density at radius 3 is 2.65 bits per heavy atom. The molecule has 0 radical (unpaired) electrons. The summed E-state index contributed by atoms with van der Waals surface area (Å²) in [6.45, 7) is 4.43. The van der Waals surface area contributed by atoms with Crippen molar-refractivity contribution in [2.75, 3.05) is 5.32 Å². The minimum atomic E-state index is 0.555. The highest BCUT2D eigenvalue weighted by atomic mass is 32.1. The fourth-order valence-electron chi connectivity index (χ4n) is 5.00. The van der Waals surface area contributed by atoms with E-state index in [9.17, 15) is 0 Å². The van der Waals surface area contributed by atoms with Crippen molar-refractivity contribution in [3.63, 3.8) is 0 Å². The summed E-state index contributed by atoms with van der Waals surface area (Å²) in [4.78, 5) is 0. The molecule has 2 nitrogen and oxygen atoms in total. The quantitative estimate of drug-likeness (QED) is 0.622. The Balaban J connectivity index is 1.35. The summed E-state index contributed by atoms with van der Waals surface area (Å²) >= 11 is 5.55. The summed E-state index contributed by atoms with van der Waals surface area (Å²) in [7, 11) is 0. The second kappa shape index (κ2) is 5.94. The van der Waals surface area contributed by atoms with Crippen molar-refractivity contribution in [2.24, 2.45) is 23.7 Å². The predicted molar refractivity (Wildman–Crippen MR) is 101 cm³/mol. The first-order chi connectivity index (χ1) is 11.1. The molecule has 2 fully saturated rings. The Hall–Kier alpha value is -1.35. The third-order valence-electron chi connectivity index (χ3n) is 6.16. The van der Waals surface area contributed by atoms with Crippen LogP contribution in [0.25, 0.3) is 0 Å². The van der Waals surface area contributed by atoms with Crippen molar-refractivity contribution in [3.05, 3.63) is 42.0 Å². The molecule has 0 spiro atoms. The highest BCUT2D eigenvalue weighted by Gasteiger charge is 2.52. The predicted octanol–water partition coefficient (Wildman–Crippen LogP) is 4.70. The van der Waals surface area contributed by atoms with Crippen molar-refractivity contribution >= 4 is 23.0 Å². The molecule has 5 unspecified atom stereocenters. The van der Waals surface area contributed by atoms with Gasteiger partial charge in [-0.2, -0.15) is 0 Å². The highest BCUT2D eigenvalue weighted by Crippen LogP contribution is 2.56. The fraction of sp³-hybridized carbons (Fsp3) is 0.550.